The van der Waals surface area contributed by atoms with Crippen LogP contribution in [-0.2, 0) is 4.74 Å². The molecule has 104 valence electrons. The van der Waals surface area contributed by atoms with Crippen LogP contribution in [0.25, 0.3) is 0 Å². The fourth-order valence-corrected chi connectivity index (χ4v) is 1.97. The van der Waals surface area contributed by atoms with Crippen LogP contribution in [0.3, 0.4) is 0 Å². The van der Waals surface area contributed by atoms with Gasteiger partial charge >= 0.3 is 0 Å². The van der Waals surface area contributed by atoms with Crippen molar-refractivity contribution in [2.24, 2.45) is 0 Å². The number of carbonyl (C=O) groups is 1. The maximum Gasteiger partial charge on any atom is 0.251 e. The minimum Gasteiger partial charge on any atom is -0.378 e. The number of morpholine rings is 1. The molecule has 0 bridgehead atoms. The molecular formula is C14H21N3O2. The zero-order valence-corrected chi connectivity index (χ0v) is 11.5. The largest absolute Gasteiger partial charge is 0.378 e. The fourth-order valence-electron chi connectivity index (χ4n) is 1.97. The molecule has 2 N–H and O–H groups in total. The first kappa shape index (κ1) is 13.8. The molecule has 1 aliphatic heterocycles. The highest BCUT2D eigenvalue weighted by Gasteiger charge is 2.14. The van der Waals surface area contributed by atoms with E-state index < -0.39 is 0 Å². The Balaban J connectivity index is 1.85. The van der Waals surface area contributed by atoms with Crippen molar-refractivity contribution in [2.45, 2.75) is 6.10 Å². The number of benzene rings is 1. The van der Waals surface area contributed by atoms with Crippen LogP contribution in [-0.4, -0.2) is 52.3 Å². The normalized spacial score (nSPS) is 18.9. The monoisotopic (exact) mass is 263 g/mol. The van der Waals surface area contributed by atoms with Gasteiger partial charge in [-0.25, -0.2) is 0 Å². The summed E-state index contributed by atoms with van der Waals surface area (Å²) in [7, 11) is 3.95. The van der Waals surface area contributed by atoms with Gasteiger partial charge in [0.1, 0.15) is 0 Å². The van der Waals surface area contributed by atoms with Crippen LogP contribution in [0.1, 0.15) is 10.4 Å². The number of hydrogen-bond donors (Lipinski definition) is 2. The summed E-state index contributed by atoms with van der Waals surface area (Å²) in [4.78, 5) is 14.0. The molecule has 0 aromatic heterocycles. The molecule has 1 aliphatic rings. The Labute approximate surface area is 113 Å². The van der Waals surface area contributed by atoms with E-state index in [0.29, 0.717) is 18.7 Å². The fraction of sp³-hybridized carbons (Fsp3) is 0.500. The predicted octanol–water partition coefficient (Wildman–Crippen LogP) is 0.471. The van der Waals surface area contributed by atoms with Gasteiger partial charge in [0.25, 0.3) is 5.91 Å². The summed E-state index contributed by atoms with van der Waals surface area (Å²) in [5.74, 6) is -0.0560. The van der Waals surface area contributed by atoms with Crippen molar-refractivity contribution in [3.63, 3.8) is 0 Å². The van der Waals surface area contributed by atoms with Crippen LogP contribution >= 0.6 is 0 Å². The lowest BCUT2D eigenvalue weighted by atomic mass is 10.2. The molecule has 1 fully saturated rings. The zero-order chi connectivity index (χ0) is 13.7. The molecule has 0 aliphatic carbocycles. The first-order chi connectivity index (χ1) is 9.16. The molecule has 0 saturated carbocycles. The molecule has 1 amide bonds. The second kappa shape index (κ2) is 6.54. The van der Waals surface area contributed by atoms with Gasteiger partial charge in [-0.2, -0.15) is 0 Å². The predicted molar refractivity (Wildman–Crippen MR) is 75.7 cm³/mol. The third kappa shape index (κ3) is 3.94. The Bertz CT molecular complexity index is 411. The first-order valence-corrected chi connectivity index (χ1v) is 6.55. The summed E-state index contributed by atoms with van der Waals surface area (Å²) in [6, 6.07) is 7.55. The smallest absolute Gasteiger partial charge is 0.251 e. The highest BCUT2D eigenvalue weighted by molar-refractivity contribution is 5.94. The lowest BCUT2D eigenvalue weighted by molar-refractivity contribution is 0.0287. The van der Waals surface area contributed by atoms with E-state index in [1.54, 1.807) is 0 Å². The molecule has 1 heterocycles. The Hall–Kier alpha value is -1.59. The summed E-state index contributed by atoms with van der Waals surface area (Å²) in [5.41, 5.74) is 1.76. The summed E-state index contributed by atoms with van der Waals surface area (Å²) >= 11 is 0. The van der Waals surface area contributed by atoms with Crippen LogP contribution < -0.4 is 15.5 Å². The van der Waals surface area contributed by atoms with Crippen molar-refractivity contribution < 1.29 is 9.53 Å². The van der Waals surface area contributed by atoms with E-state index in [2.05, 4.69) is 10.6 Å². The maximum atomic E-state index is 12.0. The molecule has 2 rings (SSSR count). The summed E-state index contributed by atoms with van der Waals surface area (Å²) < 4.78 is 5.53. The number of ether oxygens (including phenoxy) is 1. The number of rotatable bonds is 4. The molecule has 0 radical (unpaired) electrons. The van der Waals surface area contributed by atoms with E-state index in [1.807, 2.05) is 43.3 Å². The average molecular weight is 263 g/mol. The van der Waals surface area contributed by atoms with E-state index >= 15 is 0 Å². The summed E-state index contributed by atoms with van der Waals surface area (Å²) in [5, 5.41) is 6.14. The van der Waals surface area contributed by atoms with E-state index in [1.165, 1.54) is 0 Å². The molecule has 0 spiro atoms. The topological polar surface area (TPSA) is 53.6 Å². The first-order valence-electron chi connectivity index (χ1n) is 6.55. The maximum absolute atomic E-state index is 12.0. The molecule has 1 aromatic carbocycles. The van der Waals surface area contributed by atoms with Gasteiger partial charge in [0.05, 0.1) is 12.7 Å². The van der Waals surface area contributed by atoms with Crippen LogP contribution in [0.5, 0.6) is 0 Å². The second-order valence-electron chi connectivity index (χ2n) is 4.85. The molecule has 19 heavy (non-hydrogen) atoms. The second-order valence-corrected chi connectivity index (χ2v) is 4.85. The van der Waals surface area contributed by atoms with Crippen molar-refractivity contribution in [3.05, 3.63) is 29.8 Å². The number of nitrogens with zero attached hydrogens (tertiary/aromatic N) is 1. The summed E-state index contributed by atoms with van der Waals surface area (Å²) in [6.07, 6.45) is 0.0683. The Morgan fingerprint density at radius 2 is 2.16 bits per heavy atom. The number of anilines is 1. The SMILES string of the molecule is CN(C)c1ccc(C(=O)NCC2CNCCO2)cc1. The van der Waals surface area contributed by atoms with Gasteiger partial charge in [-0.05, 0) is 24.3 Å². The lowest BCUT2D eigenvalue weighted by Crippen LogP contribution is -2.45. The minimum atomic E-state index is -0.0560. The third-order valence-corrected chi connectivity index (χ3v) is 3.14. The van der Waals surface area contributed by atoms with E-state index in [0.717, 1.165) is 18.8 Å². The van der Waals surface area contributed by atoms with Crippen molar-refractivity contribution in [2.75, 3.05) is 45.2 Å². The molecule has 1 unspecified atom stereocenters. The Morgan fingerprint density at radius 1 is 1.42 bits per heavy atom. The molecule has 1 atom stereocenters. The zero-order valence-electron chi connectivity index (χ0n) is 11.5. The Kier molecular flexibility index (Phi) is 4.76. The molecule has 1 aromatic rings. The third-order valence-electron chi connectivity index (χ3n) is 3.14. The number of carbonyl (C=O) groups excluding carboxylic acids is 1. The molecular weight excluding hydrogens is 242 g/mol. The van der Waals surface area contributed by atoms with Gasteiger partial charge in [0.15, 0.2) is 0 Å². The number of nitrogens with one attached hydrogen (secondary N) is 2. The number of hydrogen-bond acceptors (Lipinski definition) is 4. The van der Waals surface area contributed by atoms with Crippen LogP contribution in [0.15, 0.2) is 24.3 Å². The van der Waals surface area contributed by atoms with Crippen LogP contribution in [0.4, 0.5) is 5.69 Å². The number of amides is 1. The quantitative estimate of drug-likeness (QED) is 0.829. The summed E-state index contributed by atoms with van der Waals surface area (Å²) in [6.45, 7) is 2.93. The standard InChI is InChI=1S/C14H21N3O2/c1-17(2)12-5-3-11(4-6-12)14(18)16-10-13-9-15-7-8-19-13/h3-6,13,15H,7-10H2,1-2H3,(H,16,18). The molecule has 1 saturated heterocycles. The van der Waals surface area contributed by atoms with Gasteiger partial charge < -0.3 is 20.3 Å². The van der Waals surface area contributed by atoms with Gasteiger partial charge in [-0.3, -0.25) is 4.79 Å². The van der Waals surface area contributed by atoms with Gasteiger partial charge in [-0.1, -0.05) is 0 Å². The van der Waals surface area contributed by atoms with Gasteiger partial charge in [-0.15, -0.1) is 0 Å². The van der Waals surface area contributed by atoms with Crippen molar-refractivity contribution in [1.82, 2.24) is 10.6 Å². The highest BCUT2D eigenvalue weighted by atomic mass is 16.5. The van der Waals surface area contributed by atoms with E-state index in [9.17, 15) is 4.79 Å². The average Bonchev–Trinajstić information content (AvgIpc) is 2.46. The van der Waals surface area contributed by atoms with Crippen molar-refractivity contribution in [3.8, 4) is 0 Å². The molecule has 5 nitrogen and oxygen atoms in total. The van der Waals surface area contributed by atoms with Gasteiger partial charge in [0, 0.05) is 45.0 Å². The van der Waals surface area contributed by atoms with Gasteiger partial charge in [0.2, 0.25) is 0 Å². The van der Waals surface area contributed by atoms with E-state index in [-0.39, 0.29) is 12.0 Å². The van der Waals surface area contributed by atoms with Crippen LogP contribution in [0, 0.1) is 0 Å². The van der Waals surface area contributed by atoms with Crippen molar-refractivity contribution >= 4 is 11.6 Å². The minimum absolute atomic E-state index is 0.0560. The Morgan fingerprint density at radius 3 is 2.74 bits per heavy atom. The van der Waals surface area contributed by atoms with E-state index in [4.69, 9.17) is 4.74 Å². The van der Waals surface area contributed by atoms with Crippen molar-refractivity contribution in [1.29, 1.82) is 0 Å². The lowest BCUT2D eigenvalue weighted by Gasteiger charge is -2.23. The highest BCUT2D eigenvalue weighted by Crippen LogP contribution is 2.12. The molecule has 5 heteroatoms. The van der Waals surface area contributed by atoms with Crippen LogP contribution in [0.2, 0.25) is 0 Å².